The minimum absolute atomic E-state index is 0.0726. The van der Waals surface area contributed by atoms with Crippen molar-refractivity contribution in [2.24, 2.45) is 5.92 Å². The van der Waals surface area contributed by atoms with E-state index in [0.29, 0.717) is 13.2 Å². The van der Waals surface area contributed by atoms with Gasteiger partial charge in [-0.05, 0) is 37.6 Å². The number of amides is 1. The van der Waals surface area contributed by atoms with Crippen LogP contribution in [0.3, 0.4) is 0 Å². The van der Waals surface area contributed by atoms with Crippen molar-refractivity contribution in [1.29, 1.82) is 0 Å². The second-order valence-corrected chi connectivity index (χ2v) is 6.29. The minimum Gasteiger partial charge on any atom is -0.486 e. The molecule has 1 saturated heterocycles. The second-order valence-electron chi connectivity index (χ2n) is 5.44. The summed E-state index contributed by atoms with van der Waals surface area (Å²) in [6, 6.07) is 3.77. The average Bonchev–Trinajstić information content (AvgIpc) is 3.00. The van der Waals surface area contributed by atoms with Gasteiger partial charge in [-0.2, -0.15) is 0 Å². The molecule has 5 nitrogen and oxygen atoms in total. The molecule has 1 aromatic rings. The second kappa shape index (κ2) is 6.23. The number of nitrogens with one attached hydrogen (secondary N) is 2. The summed E-state index contributed by atoms with van der Waals surface area (Å²) in [4.78, 5) is 12.2. The third-order valence-corrected chi connectivity index (χ3v) is 4.60. The summed E-state index contributed by atoms with van der Waals surface area (Å²) in [5.74, 6) is 1.66. The van der Waals surface area contributed by atoms with Crippen LogP contribution in [0, 0.1) is 5.92 Å². The molecule has 1 aromatic carbocycles. The Hall–Kier alpha value is -1.27. The van der Waals surface area contributed by atoms with E-state index in [1.165, 1.54) is 0 Å². The molecule has 0 aromatic heterocycles. The Balaban J connectivity index is 1.74. The fourth-order valence-corrected chi connectivity index (χ4v) is 3.36. The summed E-state index contributed by atoms with van der Waals surface area (Å²) >= 11 is 3.55. The minimum atomic E-state index is -0.0803. The van der Waals surface area contributed by atoms with Crippen LogP contribution in [0.25, 0.3) is 0 Å². The highest BCUT2D eigenvalue weighted by molar-refractivity contribution is 9.10. The van der Waals surface area contributed by atoms with E-state index >= 15 is 0 Å². The maximum Gasteiger partial charge on any atom is 0.224 e. The summed E-state index contributed by atoms with van der Waals surface area (Å²) < 4.78 is 12.1. The standard InChI is InChI=1S/C15H19BrN2O3/c1-9(18-15(19)10-2-3-17-8-10)11-6-13-14(7-12(11)16)21-5-4-20-13/h6-7,9-10,17H,2-5,8H2,1H3,(H,18,19). The molecule has 21 heavy (non-hydrogen) atoms. The van der Waals surface area contributed by atoms with Gasteiger partial charge in [-0.1, -0.05) is 15.9 Å². The van der Waals surface area contributed by atoms with Crippen molar-refractivity contribution >= 4 is 21.8 Å². The fraction of sp³-hybridized carbons (Fsp3) is 0.533. The molecule has 3 rings (SSSR count). The molecule has 1 amide bonds. The van der Waals surface area contributed by atoms with Gasteiger partial charge >= 0.3 is 0 Å². The van der Waals surface area contributed by atoms with E-state index in [1.54, 1.807) is 0 Å². The number of halogens is 1. The van der Waals surface area contributed by atoms with Crippen LogP contribution in [0.15, 0.2) is 16.6 Å². The van der Waals surface area contributed by atoms with Crippen molar-refractivity contribution in [2.75, 3.05) is 26.3 Å². The highest BCUT2D eigenvalue weighted by Gasteiger charge is 2.25. The summed E-state index contributed by atoms with van der Waals surface area (Å²) in [5.41, 5.74) is 0.999. The van der Waals surface area contributed by atoms with Gasteiger partial charge in [0, 0.05) is 11.0 Å². The predicted molar refractivity (Wildman–Crippen MR) is 82.7 cm³/mol. The molecule has 0 radical (unpaired) electrons. The third-order valence-electron chi connectivity index (χ3n) is 3.92. The van der Waals surface area contributed by atoms with Gasteiger partial charge in [-0.15, -0.1) is 0 Å². The van der Waals surface area contributed by atoms with Crippen LogP contribution in [-0.4, -0.2) is 32.2 Å². The smallest absolute Gasteiger partial charge is 0.224 e. The molecule has 6 heteroatoms. The van der Waals surface area contributed by atoms with Gasteiger partial charge in [0.05, 0.1) is 12.0 Å². The number of ether oxygens (including phenoxy) is 2. The first-order chi connectivity index (χ1) is 10.1. The lowest BCUT2D eigenvalue weighted by atomic mass is 10.0. The maximum absolute atomic E-state index is 12.2. The molecule has 2 atom stereocenters. The Morgan fingerprint density at radius 3 is 2.76 bits per heavy atom. The highest BCUT2D eigenvalue weighted by Crippen LogP contribution is 2.37. The Morgan fingerprint density at radius 2 is 2.10 bits per heavy atom. The van der Waals surface area contributed by atoms with Crippen molar-refractivity contribution in [3.8, 4) is 11.5 Å². The molecular formula is C15H19BrN2O3. The lowest BCUT2D eigenvalue weighted by Gasteiger charge is -2.23. The molecule has 0 spiro atoms. The average molecular weight is 355 g/mol. The normalized spacial score (nSPS) is 21.9. The van der Waals surface area contributed by atoms with Gasteiger partial charge in [-0.25, -0.2) is 0 Å². The SMILES string of the molecule is CC(NC(=O)C1CCNC1)c1cc2c(cc1Br)OCCO2. The molecule has 0 bridgehead atoms. The molecule has 0 aliphatic carbocycles. The number of hydrogen-bond donors (Lipinski definition) is 2. The largest absolute Gasteiger partial charge is 0.486 e. The van der Waals surface area contributed by atoms with Crippen LogP contribution >= 0.6 is 15.9 Å². The summed E-state index contributed by atoms with van der Waals surface area (Å²) in [6.45, 7) is 4.79. The first kappa shape index (κ1) is 14.7. The van der Waals surface area contributed by atoms with Crippen molar-refractivity contribution < 1.29 is 14.3 Å². The number of rotatable bonds is 3. The van der Waals surface area contributed by atoms with Gasteiger partial charge in [0.2, 0.25) is 5.91 Å². The van der Waals surface area contributed by atoms with Gasteiger partial charge in [-0.3, -0.25) is 4.79 Å². The summed E-state index contributed by atoms with van der Waals surface area (Å²) in [6.07, 6.45) is 0.904. The Bertz CT molecular complexity index is 544. The first-order valence-electron chi connectivity index (χ1n) is 7.25. The van der Waals surface area contributed by atoms with Gasteiger partial charge < -0.3 is 20.1 Å². The van der Waals surface area contributed by atoms with Crippen LogP contribution in [-0.2, 0) is 4.79 Å². The van der Waals surface area contributed by atoms with E-state index < -0.39 is 0 Å². The lowest BCUT2D eigenvalue weighted by Crippen LogP contribution is -2.34. The van der Waals surface area contributed by atoms with Crippen molar-refractivity contribution in [1.82, 2.24) is 10.6 Å². The Labute approximate surface area is 132 Å². The molecule has 2 unspecified atom stereocenters. The van der Waals surface area contributed by atoms with Crippen LogP contribution in [0.2, 0.25) is 0 Å². The number of carbonyl (C=O) groups excluding carboxylic acids is 1. The fourth-order valence-electron chi connectivity index (χ4n) is 2.70. The van der Waals surface area contributed by atoms with Gasteiger partial charge in [0.25, 0.3) is 0 Å². The third kappa shape index (κ3) is 3.16. The zero-order valence-electron chi connectivity index (χ0n) is 11.9. The van der Waals surface area contributed by atoms with Crippen LogP contribution in [0.5, 0.6) is 11.5 Å². The van der Waals surface area contributed by atoms with Crippen LogP contribution in [0.1, 0.15) is 24.9 Å². The zero-order chi connectivity index (χ0) is 14.8. The topological polar surface area (TPSA) is 59.6 Å². The number of hydrogen-bond acceptors (Lipinski definition) is 4. The number of fused-ring (bicyclic) bond motifs is 1. The predicted octanol–water partition coefficient (Wildman–Crippen LogP) is 2.01. The highest BCUT2D eigenvalue weighted by atomic mass is 79.9. The van der Waals surface area contributed by atoms with E-state index in [2.05, 4.69) is 26.6 Å². The van der Waals surface area contributed by atoms with Crippen molar-refractivity contribution in [3.63, 3.8) is 0 Å². The molecular weight excluding hydrogens is 336 g/mol. The Kier molecular flexibility index (Phi) is 4.35. The molecule has 2 aliphatic rings. The molecule has 0 saturated carbocycles. The van der Waals surface area contributed by atoms with Gasteiger partial charge in [0.15, 0.2) is 11.5 Å². The van der Waals surface area contributed by atoms with Crippen LogP contribution < -0.4 is 20.1 Å². The lowest BCUT2D eigenvalue weighted by molar-refractivity contribution is -0.125. The Morgan fingerprint density at radius 1 is 1.38 bits per heavy atom. The van der Waals surface area contributed by atoms with Crippen molar-refractivity contribution in [3.05, 3.63) is 22.2 Å². The summed E-state index contributed by atoms with van der Waals surface area (Å²) in [5, 5.41) is 6.29. The van der Waals surface area contributed by atoms with Crippen molar-refractivity contribution in [2.45, 2.75) is 19.4 Å². The van der Waals surface area contributed by atoms with E-state index in [0.717, 1.165) is 41.0 Å². The van der Waals surface area contributed by atoms with E-state index in [4.69, 9.17) is 9.47 Å². The number of benzene rings is 1. The quantitative estimate of drug-likeness (QED) is 0.871. The monoisotopic (exact) mass is 354 g/mol. The molecule has 1 fully saturated rings. The molecule has 2 heterocycles. The zero-order valence-corrected chi connectivity index (χ0v) is 13.5. The van der Waals surface area contributed by atoms with Crippen LogP contribution in [0.4, 0.5) is 0 Å². The molecule has 2 N–H and O–H groups in total. The maximum atomic E-state index is 12.2. The van der Waals surface area contributed by atoms with E-state index in [-0.39, 0.29) is 17.9 Å². The number of carbonyl (C=O) groups is 1. The first-order valence-corrected chi connectivity index (χ1v) is 8.04. The van der Waals surface area contributed by atoms with Gasteiger partial charge in [0.1, 0.15) is 13.2 Å². The summed E-state index contributed by atoms with van der Waals surface area (Å²) in [7, 11) is 0. The molecule has 2 aliphatic heterocycles. The molecule has 114 valence electrons. The van der Waals surface area contributed by atoms with E-state index in [9.17, 15) is 4.79 Å². The van der Waals surface area contributed by atoms with E-state index in [1.807, 2.05) is 19.1 Å².